The van der Waals surface area contributed by atoms with Crippen LogP contribution in [0.3, 0.4) is 0 Å². The van der Waals surface area contributed by atoms with E-state index in [2.05, 4.69) is 10.3 Å². The largest absolute Gasteiger partial charge is 0.463 e. The van der Waals surface area contributed by atoms with E-state index in [1.54, 1.807) is 12.1 Å². The summed E-state index contributed by atoms with van der Waals surface area (Å²) in [5, 5.41) is 3.09. The number of nitrogens with zero attached hydrogens (tertiary/aromatic N) is 1. The van der Waals surface area contributed by atoms with Crippen molar-refractivity contribution in [1.29, 1.82) is 0 Å². The van der Waals surface area contributed by atoms with Crippen LogP contribution in [0.25, 0.3) is 0 Å². The molecule has 0 bridgehead atoms. The van der Waals surface area contributed by atoms with Crippen LogP contribution in [0.2, 0.25) is 0 Å². The molecule has 0 aromatic heterocycles. The number of halogens is 3. The Morgan fingerprint density at radius 2 is 1.76 bits per heavy atom. The van der Waals surface area contributed by atoms with Gasteiger partial charge in [0.15, 0.2) is 0 Å². The molecule has 1 atom stereocenters. The molecule has 0 spiro atoms. The molecule has 1 aliphatic heterocycles. The van der Waals surface area contributed by atoms with Crippen molar-refractivity contribution in [2.45, 2.75) is 25.4 Å². The number of benzene rings is 2. The minimum Gasteiger partial charge on any atom is -0.463 e. The summed E-state index contributed by atoms with van der Waals surface area (Å²) in [6, 6.07) is 13.8. The van der Waals surface area contributed by atoms with E-state index in [4.69, 9.17) is 4.74 Å². The number of ether oxygens (including phenoxy) is 1. The van der Waals surface area contributed by atoms with Crippen molar-refractivity contribution < 1.29 is 17.9 Å². The first kappa shape index (κ1) is 17.3. The van der Waals surface area contributed by atoms with E-state index in [0.717, 1.165) is 35.4 Å². The molecule has 0 saturated carbocycles. The summed E-state index contributed by atoms with van der Waals surface area (Å²) in [6.45, 7) is 3.28. The summed E-state index contributed by atoms with van der Waals surface area (Å²) >= 11 is 0. The minimum atomic E-state index is -4.29. The number of rotatable bonds is 4. The summed E-state index contributed by atoms with van der Waals surface area (Å²) in [6.07, 6.45) is -3.54. The molecule has 0 aliphatic carbocycles. The second-order valence-corrected chi connectivity index (χ2v) is 6.08. The molecule has 2 aromatic carbocycles. The van der Waals surface area contributed by atoms with Crippen molar-refractivity contribution in [2.75, 3.05) is 18.5 Å². The lowest BCUT2D eigenvalue weighted by atomic mass is 9.93. The standard InChI is InChI=1S/C19H19F3N2O/c1-13(15-4-6-16(7-5-15)19(20,21)22)12-14-2-8-17(9-3-14)24-18-23-10-11-25-18/h2-9,13H,10-12H2,1H3,(H,23,24). The Kier molecular flexibility index (Phi) is 4.97. The fraction of sp³-hybridized carbons (Fsp3) is 0.316. The lowest BCUT2D eigenvalue weighted by molar-refractivity contribution is -0.137. The average molecular weight is 348 g/mol. The van der Waals surface area contributed by atoms with Crippen molar-refractivity contribution in [3.05, 3.63) is 65.2 Å². The van der Waals surface area contributed by atoms with Crippen LogP contribution in [0, 0.1) is 0 Å². The molecule has 132 valence electrons. The molecule has 1 unspecified atom stereocenters. The van der Waals surface area contributed by atoms with E-state index in [9.17, 15) is 13.2 Å². The molecule has 0 fully saturated rings. The Bertz CT molecular complexity index is 737. The second kappa shape index (κ2) is 7.17. The lowest BCUT2D eigenvalue weighted by Gasteiger charge is -2.14. The number of aliphatic imine (C=N–C) groups is 1. The van der Waals surface area contributed by atoms with Crippen LogP contribution in [0.4, 0.5) is 18.9 Å². The topological polar surface area (TPSA) is 33.6 Å². The maximum atomic E-state index is 12.6. The molecule has 0 saturated heterocycles. The maximum absolute atomic E-state index is 12.6. The van der Waals surface area contributed by atoms with Gasteiger partial charge in [0.2, 0.25) is 0 Å². The zero-order chi connectivity index (χ0) is 17.9. The van der Waals surface area contributed by atoms with Gasteiger partial charge in [-0.1, -0.05) is 31.2 Å². The van der Waals surface area contributed by atoms with Crippen LogP contribution in [0.5, 0.6) is 0 Å². The van der Waals surface area contributed by atoms with E-state index in [1.807, 2.05) is 31.2 Å². The van der Waals surface area contributed by atoms with Crippen molar-refractivity contribution in [2.24, 2.45) is 4.99 Å². The normalized spacial score (nSPS) is 15.4. The van der Waals surface area contributed by atoms with Crippen LogP contribution < -0.4 is 5.32 Å². The molecule has 1 N–H and O–H groups in total. The molecule has 2 aromatic rings. The third kappa shape index (κ3) is 4.53. The van der Waals surface area contributed by atoms with E-state index in [-0.39, 0.29) is 5.92 Å². The van der Waals surface area contributed by atoms with Gasteiger partial charge in [-0.2, -0.15) is 13.2 Å². The fourth-order valence-electron chi connectivity index (χ4n) is 2.73. The van der Waals surface area contributed by atoms with E-state index in [1.165, 1.54) is 0 Å². The first-order valence-electron chi connectivity index (χ1n) is 8.12. The molecule has 6 heteroatoms. The Hall–Kier alpha value is -2.50. The highest BCUT2D eigenvalue weighted by molar-refractivity contribution is 5.89. The summed E-state index contributed by atoms with van der Waals surface area (Å²) < 4.78 is 43.2. The fourth-order valence-corrected chi connectivity index (χ4v) is 2.73. The van der Waals surface area contributed by atoms with Gasteiger partial charge in [-0.05, 0) is 47.7 Å². The van der Waals surface area contributed by atoms with Gasteiger partial charge in [0.1, 0.15) is 6.61 Å². The monoisotopic (exact) mass is 348 g/mol. The van der Waals surface area contributed by atoms with E-state index in [0.29, 0.717) is 19.2 Å². The second-order valence-electron chi connectivity index (χ2n) is 6.08. The summed E-state index contributed by atoms with van der Waals surface area (Å²) in [5.41, 5.74) is 2.29. The number of anilines is 1. The average Bonchev–Trinajstić information content (AvgIpc) is 3.09. The number of hydrogen-bond donors (Lipinski definition) is 1. The first-order chi connectivity index (χ1) is 11.9. The molecule has 1 heterocycles. The Morgan fingerprint density at radius 3 is 2.32 bits per heavy atom. The molecule has 3 rings (SSSR count). The highest BCUT2D eigenvalue weighted by atomic mass is 19.4. The van der Waals surface area contributed by atoms with Gasteiger partial charge in [0.05, 0.1) is 12.1 Å². The molecule has 1 aliphatic rings. The van der Waals surface area contributed by atoms with Gasteiger partial charge in [0, 0.05) is 5.69 Å². The molecule has 0 radical (unpaired) electrons. The predicted molar refractivity (Wildman–Crippen MR) is 91.9 cm³/mol. The molecule has 3 nitrogen and oxygen atoms in total. The van der Waals surface area contributed by atoms with Crippen LogP contribution in [-0.4, -0.2) is 19.2 Å². The molecule has 25 heavy (non-hydrogen) atoms. The SMILES string of the molecule is CC(Cc1ccc(NC2=NCCO2)cc1)c1ccc(C(F)(F)F)cc1. The minimum absolute atomic E-state index is 0.128. The molecular weight excluding hydrogens is 329 g/mol. The van der Waals surface area contributed by atoms with Crippen LogP contribution in [0.15, 0.2) is 53.5 Å². The Morgan fingerprint density at radius 1 is 1.08 bits per heavy atom. The van der Waals surface area contributed by atoms with Crippen LogP contribution in [0.1, 0.15) is 29.5 Å². The van der Waals surface area contributed by atoms with Crippen LogP contribution >= 0.6 is 0 Å². The van der Waals surface area contributed by atoms with E-state index < -0.39 is 11.7 Å². The zero-order valence-electron chi connectivity index (χ0n) is 13.8. The highest BCUT2D eigenvalue weighted by Gasteiger charge is 2.30. The quantitative estimate of drug-likeness (QED) is 0.857. The third-order valence-electron chi connectivity index (χ3n) is 4.14. The van der Waals surface area contributed by atoms with Crippen molar-refractivity contribution >= 4 is 11.7 Å². The van der Waals surface area contributed by atoms with E-state index >= 15 is 0 Å². The number of alkyl halides is 3. The zero-order valence-corrected chi connectivity index (χ0v) is 13.8. The predicted octanol–water partition coefficient (Wildman–Crippen LogP) is 4.85. The summed E-state index contributed by atoms with van der Waals surface area (Å²) in [5.74, 6) is 0.128. The van der Waals surface area contributed by atoms with Gasteiger partial charge >= 0.3 is 6.18 Å². The van der Waals surface area contributed by atoms with Gasteiger partial charge in [0.25, 0.3) is 6.02 Å². The summed E-state index contributed by atoms with van der Waals surface area (Å²) in [7, 11) is 0. The van der Waals surface area contributed by atoms with Crippen molar-refractivity contribution in [1.82, 2.24) is 0 Å². The van der Waals surface area contributed by atoms with Gasteiger partial charge in [-0.3, -0.25) is 0 Å². The number of hydrogen-bond acceptors (Lipinski definition) is 3. The first-order valence-corrected chi connectivity index (χ1v) is 8.12. The van der Waals surface area contributed by atoms with Gasteiger partial charge in [-0.15, -0.1) is 0 Å². The lowest BCUT2D eigenvalue weighted by Crippen LogP contribution is -2.11. The molecular formula is C19H19F3N2O. The smallest absolute Gasteiger partial charge is 0.416 e. The molecule has 0 amide bonds. The highest BCUT2D eigenvalue weighted by Crippen LogP contribution is 2.30. The van der Waals surface area contributed by atoms with Crippen LogP contribution in [-0.2, 0) is 17.3 Å². The summed E-state index contributed by atoms with van der Waals surface area (Å²) in [4.78, 5) is 4.17. The van der Waals surface area contributed by atoms with Crippen molar-refractivity contribution in [3.8, 4) is 0 Å². The van der Waals surface area contributed by atoms with Gasteiger partial charge < -0.3 is 10.1 Å². The van der Waals surface area contributed by atoms with Crippen molar-refractivity contribution in [3.63, 3.8) is 0 Å². The maximum Gasteiger partial charge on any atom is 0.416 e. The third-order valence-corrected chi connectivity index (χ3v) is 4.14. The Balaban J connectivity index is 1.61. The van der Waals surface area contributed by atoms with Gasteiger partial charge in [-0.25, -0.2) is 4.99 Å². The number of nitrogens with one attached hydrogen (secondary N) is 1. The number of amidine groups is 1. The Labute approximate surface area is 144 Å².